The van der Waals surface area contributed by atoms with E-state index in [2.05, 4.69) is 4.74 Å². The molecule has 0 aromatic carbocycles. The number of alkyl halides is 6. The zero-order chi connectivity index (χ0) is 16.4. The van der Waals surface area contributed by atoms with E-state index < -0.39 is 46.2 Å². The minimum atomic E-state index is -6.27. The van der Waals surface area contributed by atoms with Crippen molar-refractivity contribution in [2.75, 3.05) is 5.75 Å². The molecule has 0 heterocycles. The molecule has 0 aliphatic rings. The zero-order valence-corrected chi connectivity index (χ0v) is 10.7. The molecule has 0 amide bonds. The number of hydrogen-bond donors (Lipinski definition) is 1. The molecule has 0 aromatic heterocycles. The van der Waals surface area contributed by atoms with Crippen molar-refractivity contribution in [1.29, 1.82) is 0 Å². The molecule has 5 nitrogen and oxygen atoms in total. The number of carbonyl (C=O) groups excluding carboxylic acids is 1. The van der Waals surface area contributed by atoms with Gasteiger partial charge in [-0.05, 0) is 6.42 Å². The van der Waals surface area contributed by atoms with E-state index in [1.807, 2.05) is 0 Å². The van der Waals surface area contributed by atoms with Gasteiger partial charge in [0.2, 0.25) is 0 Å². The van der Waals surface area contributed by atoms with E-state index >= 15 is 0 Å². The minimum absolute atomic E-state index is 0.115. The first kappa shape index (κ1) is 19.0. The minimum Gasteiger partial charge on any atom is -0.438 e. The fourth-order valence-electron chi connectivity index (χ4n) is 1.18. The normalized spacial score (nSPS) is 14.2. The second-order valence-electron chi connectivity index (χ2n) is 3.77. The highest BCUT2D eigenvalue weighted by atomic mass is 32.2. The smallest absolute Gasteiger partial charge is 0.438 e. The molecule has 0 rings (SSSR count). The lowest BCUT2D eigenvalue weighted by Gasteiger charge is -2.35. The van der Waals surface area contributed by atoms with Crippen LogP contribution in [-0.4, -0.2) is 42.6 Å². The van der Waals surface area contributed by atoms with Gasteiger partial charge in [0.1, 0.15) is 5.75 Å². The van der Waals surface area contributed by atoms with Gasteiger partial charge in [0.25, 0.3) is 10.1 Å². The van der Waals surface area contributed by atoms with E-state index in [4.69, 9.17) is 4.55 Å². The second kappa shape index (κ2) is 5.76. The Morgan fingerprint density at radius 2 is 1.50 bits per heavy atom. The van der Waals surface area contributed by atoms with Crippen LogP contribution < -0.4 is 0 Å². The molecule has 0 bridgehead atoms. The summed E-state index contributed by atoms with van der Waals surface area (Å²) in [6.07, 6.45) is -13.4. The number of rotatable bonds is 5. The van der Waals surface area contributed by atoms with Crippen LogP contribution in [0, 0.1) is 0 Å². The van der Waals surface area contributed by atoms with Gasteiger partial charge in [0, 0.05) is 6.42 Å². The highest BCUT2D eigenvalue weighted by Crippen LogP contribution is 2.46. The molecule has 1 N–H and O–H groups in total. The van der Waals surface area contributed by atoms with Gasteiger partial charge >= 0.3 is 23.9 Å². The molecule has 0 saturated heterocycles. The Morgan fingerprint density at radius 1 is 1.10 bits per heavy atom. The van der Waals surface area contributed by atoms with E-state index in [-0.39, 0.29) is 6.42 Å². The molecule has 20 heavy (non-hydrogen) atoms. The van der Waals surface area contributed by atoms with E-state index in [1.165, 1.54) is 6.92 Å². The van der Waals surface area contributed by atoms with Gasteiger partial charge in [-0.3, -0.25) is 9.35 Å². The average Bonchev–Trinajstić information content (AvgIpc) is 2.10. The monoisotopic (exact) mass is 332 g/mol. The molecule has 120 valence electrons. The second-order valence-corrected chi connectivity index (χ2v) is 5.23. The summed E-state index contributed by atoms with van der Waals surface area (Å²) in [4.78, 5) is 10.9. The Hall–Kier alpha value is -1.04. The number of halogens is 6. The van der Waals surface area contributed by atoms with E-state index in [0.29, 0.717) is 0 Å². The number of esters is 1. The van der Waals surface area contributed by atoms with Crippen LogP contribution in [0.25, 0.3) is 0 Å². The SMILES string of the molecule is CCCC(=O)OC(CS(=O)(=O)O)(C(F)(F)F)C(F)(F)F. The Balaban J connectivity index is 5.90. The fourth-order valence-corrected chi connectivity index (χ4v) is 2.08. The van der Waals surface area contributed by atoms with Gasteiger partial charge in [-0.2, -0.15) is 34.8 Å². The Morgan fingerprint density at radius 3 is 1.75 bits per heavy atom. The first-order valence-electron chi connectivity index (χ1n) is 4.97. The van der Waals surface area contributed by atoms with Crippen molar-refractivity contribution in [2.45, 2.75) is 37.7 Å². The van der Waals surface area contributed by atoms with Crippen LogP contribution in [-0.2, 0) is 19.6 Å². The lowest BCUT2D eigenvalue weighted by Crippen LogP contribution is -2.63. The maximum atomic E-state index is 12.6. The molecular weight excluding hydrogens is 322 g/mol. The zero-order valence-electron chi connectivity index (χ0n) is 9.88. The number of carbonyl (C=O) groups is 1. The van der Waals surface area contributed by atoms with Crippen LogP contribution >= 0.6 is 0 Å². The molecule has 0 aliphatic heterocycles. The molecule has 0 fully saturated rings. The molecule has 0 atom stereocenters. The summed E-state index contributed by atoms with van der Waals surface area (Å²) in [7, 11) is -5.73. The summed E-state index contributed by atoms with van der Waals surface area (Å²) < 4.78 is 108. The van der Waals surface area contributed by atoms with E-state index in [1.54, 1.807) is 0 Å². The van der Waals surface area contributed by atoms with Crippen molar-refractivity contribution in [3.63, 3.8) is 0 Å². The molecule has 0 aliphatic carbocycles. The third kappa shape index (κ3) is 4.51. The Kier molecular flexibility index (Phi) is 5.46. The predicted molar refractivity (Wildman–Crippen MR) is 52.3 cm³/mol. The van der Waals surface area contributed by atoms with Crippen molar-refractivity contribution >= 4 is 16.1 Å². The van der Waals surface area contributed by atoms with E-state index in [0.717, 1.165) is 0 Å². The molecule has 12 heteroatoms. The van der Waals surface area contributed by atoms with Crippen molar-refractivity contribution in [3.8, 4) is 0 Å². The largest absolute Gasteiger partial charge is 0.438 e. The topological polar surface area (TPSA) is 80.7 Å². The number of hydrogen-bond acceptors (Lipinski definition) is 4. The van der Waals surface area contributed by atoms with Crippen LogP contribution in [0.15, 0.2) is 0 Å². The summed E-state index contributed by atoms with van der Waals surface area (Å²) in [6.45, 7) is 1.28. The third-order valence-electron chi connectivity index (χ3n) is 2.04. The predicted octanol–water partition coefficient (Wildman–Crippen LogP) is 2.08. The van der Waals surface area contributed by atoms with Gasteiger partial charge in [-0.25, -0.2) is 0 Å². The molecule has 0 spiro atoms. The highest BCUT2D eigenvalue weighted by molar-refractivity contribution is 7.85. The van der Waals surface area contributed by atoms with Crippen LogP contribution in [0.5, 0.6) is 0 Å². The van der Waals surface area contributed by atoms with Crippen LogP contribution in [0.1, 0.15) is 19.8 Å². The van der Waals surface area contributed by atoms with Gasteiger partial charge in [0.05, 0.1) is 0 Å². The Bertz CT molecular complexity index is 437. The third-order valence-corrected chi connectivity index (χ3v) is 2.82. The summed E-state index contributed by atoms with van der Waals surface area (Å²) in [5, 5.41) is 0. The summed E-state index contributed by atoms with van der Waals surface area (Å²) in [5.41, 5.74) is -5.31. The molecule has 0 aromatic rings. The molecule has 0 unspecified atom stereocenters. The first-order valence-corrected chi connectivity index (χ1v) is 6.57. The maximum absolute atomic E-state index is 12.6. The van der Waals surface area contributed by atoms with Crippen molar-refractivity contribution in [1.82, 2.24) is 0 Å². The summed E-state index contributed by atoms with van der Waals surface area (Å²) in [5.74, 6) is -4.74. The fraction of sp³-hybridized carbons (Fsp3) is 0.875. The van der Waals surface area contributed by atoms with Crippen LogP contribution in [0.2, 0.25) is 0 Å². The van der Waals surface area contributed by atoms with Gasteiger partial charge in [0.15, 0.2) is 0 Å². The van der Waals surface area contributed by atoms with Crippen LogP contribution in [0.4, 0.5) is 26.3 Å². The summed E-state index contributed by atoms with van der Waals surface area (Å²) >= 11 is 0. The maximum Gasteiger partial charge on any atom is 0.438 e. The van der Waals surface area contributed by atoms with E-state index in [9.17, 15) is 39.6 Å². The standard InChI is InChI=1S/C8H10F6O5S/c1-2-3-5(15)19-6(7(9,10)11,8(12,13)14)4-20(16,17)18/h2-4H2,1H3,(H,16,17,18). The first-order chi connectivity index (χ1) is 8.66. The summed E-state index contributed by atoms with van der Waals surface area (Å²) in [6, 6.07) is 0. The van der Waals surface area contributed by atoms with Gasteiger partial charge in [-0.15, -0.1) is 0 Å². The Labute approximate surface area is 109 Å². The molecule has 0 saturated carbocycles. The van der Waals surface area contributed by atoms with Crippen molar-refractivity contribution in [3.05, 3.63) is 0 Å². The van der Waals surface area contributed by atoms with Crippen molar-refractivity contribution in [2.24, 2.45) is 0 Å². The lowest BCUT2D eigenvalue weighted by molar-refractivity contribution is -0.361. The van der Waals surface area contributed by atoms with Crippen LogP contribution in [0.3, 0.4) is 0 Å². The number of ether oxygens (including phenoxy) is 1. The van der Waals surface area contributed by atoms with Gasteiger partial charge in [-0.1, -0.05) is 6.92 Å². The molecular formula is C8H10F6O5S. The highest BCUT2D eigenvalue weighted by Gasteiger charge is 2.75. The van der Waals surface area contributed by atoms with Gasteiger partial charge < -0.3 is 4.74 Å². The quantitative estimate of drug-likeness (QED) is 0.474. The average molecular weight is 332 g/mol. The lowest BCUT2D eigenvalue weighted by atomic mass is 10.1. The molecule has 0 radical (unpaired) electrons. The van der Waals surface area contributed by atoms with Crippen molar-refractivity contribution < 1.29 is 48.8 Å².